The molecule has 1 saturated heterocycles. The molecule has 0 radical (unpaired) electrons. The highest BCUT2D eigenvalue weighted by atomic mass is 127. The summed E-state index contributed by atoms with van der Waals surface area (Å²) in [6, 6.07) is 5.65. The van der Waals surface area contributed by atoms with Gasteiger partial charge in [0, 0.05) is 14.6 Å². The molecule has 0 bridgehead atoms. The van der Waals surface area contributed by atoms with Crippen LogP contribution in [0.4, 0.5) is 0 Å². The van der Waals surface area contributed by atoms with Crippen molar-refractivity contribution in [1.29, 1.82) is 0 Å². The molecule has 1 amide bonds. The summed E-state index contributed by atoms with van der Waals surface area (Å²) in [7, 11) is 0. The molecule has 1 fully saturated rings. The van der Waals surface area contributed by atoms with Crippen LogP contribution in [0.25, 0.3) is 0 Å². The zero-order chi connectivity index (χ0) is 14.0. The van der Waals surface area contributed by atoms with Crippen molar-refractivity contribution in [2.45, 2.75) is 6.10 Å². The van der Waals surface area contributed by atoms with Gasteiger partial charge in [0.2, 0.25) is 0 Å². The molecular weight excluding hydrogens is 443 g/mol. The molecule has 0 spiro atoms. The maximum atomic E-state index is 12.5. The monoisotopic (exact) mass is 454 g/mol. The number of amides is 1. The lowest BCUT2D eigenvalue weighted by Gasteiger charge is -2.32. The van der Waals surface area contributed by atoms with Crippen molar-refractivity contribution >= 4 is 61.6 Å². The third-order valence-corrected chi connectivity index (χ3v) is 4.53. The Kier molecular flexibility index (Phi) is 5.15. The van der Waals surface area contributed by atoms with E-state index in [2.05, 4.69) is 38.5 Å². The number of hydrogen-bond donors (Lipinski definition) is 1. The van der Waals surface area contributed by atoms with Crippen molar-refractivity contribution in [3.05, 3.63) is 31.8 Å². The second kappa shape index (κ2) is 6.47. The van der Waals surface area contributed by atoms with Crippen molar-refractivity contribution in [2.24, 2.45) is 5.73 Å². The van der Waals surface area contributed by atoms with E-state index in [9.17, 15) is 4.79 Å². The van der Waals surface area contributed by atoms with Gasteiger partial charge in [-0.3, -0.25) is 4.79 Å². The Balaban J connectivity index is 2.19. The summed E-state index contributed by atoms with van der Waals surface area (Å²) in [5.74, 6) is -0.0183. The molecule has 7 heteroatoms. The molecule has 1 aliphatic rings. The first-order chi connectivity index (χ1) is 8.99. The Labute approximate surface area is 138 Å². The standard InChI is InChI=1S/C12H12BrIN2O2S/c13-7-1-2-9(14)8(5-7)12(17)16-3-4-18-10(6-16)11(15)19/h1-2,5,10H,3-4,6H2,(H2,15,19). The molecule has 1 atom stereocenters. The number of thiocarbonyl (C=S) groups is 1. The molecule has 0 aliphatic carbocycles. The Hall–Kier alpha value is -0.250. The second-order valence-electron chi connectivity index (χ2n) is 4.14. The van der Waals surface area contributed by atoms with E-state index in [4.69, 9.17) is 22.7 Å². The van der Waals surface area contributed by atoms with Crippen molar-refractivity contribution in [2.75, 3.05) is 19.7 Å². The summed E-state index contributed by atoms with van der Waals surface area (Å²) in [6.45, 7) is 1.43. The average Bonchev–Trinajstić information content (AvgIpc) is 2.41. The van der Waals surface area contributed by atoms with Crippen molar-refractivity contribution < 1.29 is 9.53 Å². The molecule has 0 saturated carbocycles. The number of rotatable bonds is 2. The minimum absolute atomic E-state index is 0.0183. The third kappa shape index (κ3) is 3.65. The van der Waals surface area contributed by atoms with Gasteiger partial charge in [-0.25, -0.2) is 0 Å². The lowest BCUT2D eigenvalue weighted by molar-refractivity contribution is 0.00873. The number of ether oxygens (including phenoxy) is 1. The van der Waals surface area contributed by atoms with Gasteiger partial charge in [-0.1, -0.05) is 28.1 Å². The van der Waals surface area contributed by atoms with E-state index < -0.39 is 0 Å². The van der Waals surface area contributed by atoms with Crippen LogP contribution in [-0.4, -0.2) is 41.6 Å². The van der Waals surface area contributed by atoms with E-state index in [0.717, 1.165) is 8.04 Å². The van der Waals surface area contributed by atoms with E-state index in [-0.39, 0.29) is 12.0 Å². The molecule has 1 heterocycles. The number of hydrogen-bond acceptors (Lipinski definition) is 3. The molecule has 1 unspecified atom stereocenters. The number of halogens is 2. The van der Waals surface area contributed by atoms with E-state index >= 15 is 0 Å². The summed E-state index contributed by atoms with van der Waals surface area (Å²) in [5, 5.41) is 0. The van der Waals surface area contributed by atoms with Crippen LogP contribution in [-0.2, 0) is 4.74 Å². The normalized spacial score (nSPS) is 19.3. The average molecular weight is 455 g/mol. The SMILES string of the molecule is NC(=S)C1CN(C(=O)c2cc(Br)ccc2I)CCO1. The summed E-state index contributed by atoms with van der Waals surface area (Å²) in [4.78, 5) is 14.5. The first-order valence-corrected chi connectivity index (χ1v) is 7.92. The molecule has 1 aliphatic heterocycles. The Morgan fingerprint density at radius 1 is 1.58 bits per heavy atom. The number of carbonyl (C=O) groups excluding carboxylic acids is 1. The lowest BCUT2D eigenvalue weighted by Crippen LogP contribution is -2.50. The van der Waals surface area contributed by atoms with Crippen LogP contribution >= 0.6 is 50.7 Å². The van der Waals surface area contributed by atoms with Gasteiger partial charge in [0.1, 0.15) is 11.1 Å². The largest absolute Gasteiger partial charge is 0.391 e. The van der Waals surface area contributed by atoms with Gasteiger partial charge in [-0.05, 0) is 40.8 Å². The highest BCUT2D eigenvalue weighted by molar-refractivity contribution is 14.1. The van der Waals surface area contributed by atoms with Crippen LogP contribution in [0.3, 0.4) is 0 Å². The van der Waals surface area contributed by atoms with Gasteiger partial charge in [0.15, 0.2) is 0 Å². The van der Waals surface area contributed by atoms with Gasteiger partial charge in [0.05, 0.1) is 18.7 Å². The van der Waals surface area contributed by atoms with Gasteiger partial charge < -0.3 is 15.4 Å². The summed E-state index contributed by atoms with van der Waals surface area (Å²) in [5.41, 5.74) is 6.26. The minimum Gasteiger partial charge on any atom is -0.391 e. The van der Waals surface area contributed by atoms with Crippen molar-refractivity contribution in [3.8, 4) is 0 Å². The molecule has 19 heavy (non-hydrogen) atoms. The predicted molar refractivity (Wildman–Crippen MR) is 89.3 cm³/mol. The number of nitrogens with zero attached hydrogens (tertiary/aromatic N) is 1. The highest BCUT2D eigenvalue weighted by Gasteiger charge is 2.27. The van der Waals surface area contributed by atoms with Crippen LogP contribution in [0.1, 0.15) is 10.4 Å². The number of benzene rings is 1. The smallest absolute Gasteiger partial charge is 0.255 e. The Morgan fingerprint density at radius 3 is 3.00 bits per heavy atom. The van der Waals surface area contributed by atoms with E-state index in [1.807, 2.05) is 18.2 Å². The van der Waals surface area contributed by atoms with Crippen LogP contribution in [0, 0.1) is 3.57 Å². The second-order valence-corrected chi connectivity index (χ2v) is 6.69. The van der Waals surface area contributed by atoms with E-state index in [0.29, 0.717) is 30.2 Å². The maximum absolute atomic E-state index is 12.5. The van der Waals surface area contributed by atoms with Gasteiger partial charge in [0.25, 0.3) is 5.91 Å². The molecule has 2 N–H and O–H groups in total. The molecule has 0 aromatic heterocycles. The van der Waals surface area contributed by atoms with Crippen molar-refractivity contribution in [3.63, 3.8) is 0 Å². The number of morpholine rings is 1. The fraction of sp³-hybridized carbons (Fsp3) is 0.333. The lowest BCUT2D eigenvalue weighted by atomic mass is 10.1. The van der Waals surface area contributed by atoms with Gasteiger partial charge in [-0.2, -0.15) is 0 Å². The molecule has 2 rings (SSSR count). The quantitative estimate of drug-likeness (QED) is 0.549. The number of carbonyl (C=O) groups is 1. The predicted octanol–water partition coefficient (Wildman–Crippen LogP) is 2.18. The minimum atomic E-state index is -0.350. The Morgan fingerprint density at radius 2 is 2.32 bits per heavy atom. The summed E-state index contributed by atoms with van der Waals surface area (Å²) in [6.07, 6.45) is -0.350. The third-order valence-electron chi connectivity index (χ3n) is 2.83. The molecule has 102 valence electrons. The fourth-order valence-electron chi connectivity index (χ4n) is 1.84. The van der Waals surface area contributed by atoms with Crippen LogP contribution in [0.15, 0.2) is 22.7 Å². The molecule has 1 aromatic rings. The fourth-order valence-corrected chi connectivity index (χ4v) is 2.91. The van der Waals surface area contributed by atoms with Crippen LogP contribution < -0.4 is 5.73 Å². The van der Waals surface area contributed by atoms with Gasteiger partial charge in [-0.15, -0.1) is 0 Å². The maximum Gasteiger partial charge on any atom is 0.255 e. The summed E-state index contributed by atoms with van der Waals surface area (Å²) >= 11 is 10.5. The highest BCUT2D eigenvalue weighted by Crippen LogP contribution is 2.21. The topological polar surface area (TPSA) is 55.6 Å². The first-order valence-electron chi connectivity index (χ1n) is 5.64. The van der Waals surface area contributed by atoms with Crippen molar-refractivity contribution in [1.82, 2.24) is 4.90 Å². The Bertz CT molecular complexity index is 526. The summed E-state index contributed by atoms with van der Waals surface area (Å²) < 4.78 is 7.24. The van der Waals surface area contributed by atoms with Crippen LogP contribution in [0.5, 0.6) is 0 Å². The zero-order valence-corrected chi connectivity index (χ0v) is 14.5. The molecular formula is C12H12BrIN2O2S. The van der Waals surface area contributed by atoms with Crippen LogP contribution in [0.2, 0.25) is 0 Å². The van der Waals surface area contributed by atoms with E-state index in [1.54, 1.807) is 4.90 Å². The van der Waals surface area contributed by atoms with Gasteiger partial charge >= 0.3 is 0 Å². The zero-order valence-electron chi connectivity index (χ0n) is 9.94. The molecule has 4 nitrogen and oxygen atoms in total. The number of nitrogens with two attached hydrogens (primary N) is 1. The molecule has 1 aromatic carbocycles. The van der Waals surface area contributed by atoms with E-state index in [1.165, 1.54) is 0 Å². The first kappa shape index (κ1) is 15.1.